The first-order valence-corrected chi connectivity index (χ1v) is 5.62. The quantitative estimate of drug-likeness (QED) is 0.830. The topological polar surface area (TPSA) is 63.3 Å². The number of carbonyl (C=O) groups excluding carboxylic acids is 1. The molecule has 0 saturated heterocycles. The maximum Gasteiger partial charge on any atom is 0.217 e. The van der Waals surface area contributed by atoms with Gasteiger partial charge in [0.15, 0.2) is 0 Å². The van der Waals surface area contributed by atoms with Gasteiger partial charge in [-0.1, -0.05) is 30.7 Å². The summed E-state index contributed by atoms with van der Waals surface area (Å²) in [6.45, 7) is 1.87. The molecule has 0 saturated carbocycles. The maximum atomic E-state index is 10.7. The molecule has 16 heavy (non-hydrogen) atoms. The lowest BCUT2D eigenvalue weighted by molar-refractivity contribution is -0.119. The monoisotopic (exact) mass is 241 g/mol. The second-order valence-corrected chi connectivity index (χ2v) is 4.29. The van der Waals surface area contributed by atoms with Crippen molar-refractivity contribution in [3.05, 3.63) is 34.9 Å². The third-order valence-corrected chi connectivity index (χ3v) is 3.00. The lowest BCUT2D eigenvalue weighted by atomic mass is 9.87. The minimum Gasteiger partial charge on any atom is -0.385 e. The normalized spacial score (nSPS) is 14.4. The highest BCUT2D eigenvalue weighted by Crippen LogP contribution is 2.30. The van der Waals surface area contributed by atoms with E-state index in [0.29, 0.717) is 17.9 Å². The van der Waals surface area contributed by atoms with Gasteiger partial charge in [-0.25, -0.2) is 0 Å². The van der Waals surface area contributed by atoms with Crippen LogP contribution in [-0.2, 0) is 10.4 Å². The van der Waals surface area contributed by atoms with E-state index in [2.05, 4.69) is 0 Å². The fourth-order valence-corrected chi connectivity index (χ4v) is 1.74. The fourth-order valence-electron chi connectivity index (χ4n) is 1.62. The van der Waals surface area contributed by atoms with Gasteiger partial charge in [0.1, 0.15) is 0 Å². The Morgan fingerprint density at radius 3 is 2.44 bits per heavy atom. The molecule has 0 heterocycles. The summed E-state index contributed by atoms with van der Waals surface area (Å²) in [5.74, 6) is -0.402. The average Bonchev–Trinajstić information content (AvgIpc) is 2.27. The Morgan fingerprint density at radius 2 is 2.00 bits per heavy atom. The standard InChI is InChI=1S/C12H16ClNO2/c1-2-12(16,8-7-11(14)15)9-3-5-10(13)6-4-9/h3-6,16H,2,7-8H2,1H3,(H2,14,15)/t12-/m0/s1. The molecule has 3 nitrogen and oxygen atoms in total. The number of hydrogen-bond acceptors (Lipinski definition) is 2. The van der Waals surface area contributed by atoms with Crippen LogP contribution >= 0.6 is 11.6 Å². The van der Waals surface area contributed by atoms with Gasteiger partial charge < -0.3 is 10.8 Å². The van der Waals surface area contributed by atoms with Crippen LogP contribution in [0.4, 0.5) is 0 Å². The van der Waals surface area contributed by atoms with Gasteiger partial charge in [-0.15, -0.1) is 0 Å². The zero-order valence-corrected chi connectivity index (χ0v) is 10.00. The molecule has 0 aliphatic carbocycles. The summed E-state index contributed by atoms with van der Waals surface area (Å²) in [4.78, 5) is 10.7. The van der Waals surface area contributed by atoms with Crippen LogP contribution in [0.2, 0.25) is 5.02 Å². The molecular formula is C12H16ClNO2. The molecule has 1 rings (SSSR count). The van der Waals surface area contributed by atoms with Crippen LogP contribution in [0.25, 0.3) is 0 Å². The Bertz CT molecular complexity index is 364. The lowest BCUT2D eigenvalue weighted by Gasteiger charge is -2.27. The number of aliphatic hydroxyl groups is 1. The van der Waals surface area contributed by atoms with Crippen molar-refractivity contribution in [2.45, 2.75) is 31.8 Å². The number of nitrogens with two attached hydrogens (primary N) is 1. The van der Waals surface area contributed by atoms with E-state index in [4.69, 9.17) is 17.3 Å². The molecule has 1 amide bonds. The van der Waals surface area contributed by atoms with Crippen molar-refractivity contribution in [1.82, 2.24) is 0 Å². The summed E-state index contributed by atoms with van der Waals surface area (Å²) in [6.07, 6.45) is 1.04. The second kappa shape index (κ2) is 5.32. The van der Waals surface area contributed by atoms with Crippen molar-refractivity contribution in [3.63, 3.8) is 0 Å². The van der Waals surface area contributed by atoms with Crippen LogP contribution < -0.4 is 5.73 Å². The third-order valence-electron chi connectivity index (χ3n) is 2.75. The Labute approximate surface area is 100 Å². The highest BCUT2D eigenvalue weighted by molar-refractivity contribution is 6.30. The molecule has 0 bridgehead atoms. The largest absolute Gasteiger partial charge is 0.385 e. The SMILES string of the molecule is CC[C@](O)(CCC(N)=O)c1ccc(Cl)cc1. The van der Waals surface area contributed by atoms with E-state index in [1.165, 1.54) is 0 Å². The minimum absolute atomic E-state index is 0.174. The van der Waals surface area contributed by atoms with Crippen molar-refractivity contribution in [2.75, 3.05) is 0 Å². The molecule has 1 aromatic carbocycles. The molecule has 0 fully saturated rings. The first kappa shape index (κ1) is 13.0. The van der Waals surface area contributed by atoms with E-state index in [9.17, 15) is 9.90 Å². The van der Waals surface area contributed by atoms with Crippen LogP contribution in [0.15, 0.2) is 24.3 Å². The maximum absolute atomic E-state index is 10.7. The van der Waals surface area contributed by atoms with Crippen molar-refractivity contribution < 1.29 is 9.90 Å². The van der Waals surface area contributed by atoms with Gasteiger partial charge >= 0.3 is 0 Å². The first-order valence-electron chi connectivity index (χ1n) is 5.24. The smallest absolute Gasteiger partial charge is 0.217 e. The summed E-state index contributed by atoms with van der Waals surface area (Å²) in [6, 6.07) is 6.99. The van der Waals surface area contributed by atoms with Gasteiger partial charge in [-0.05, 0) is 30.5 Å². The van der Waals surface area contributed by atoms with Crippen LogP contribution in [0.3, 0.4) is 0 Å². The van der Waals surface area contributed by atoms with Crippen molar-refractivity contribution in [3.8, 4) is 0 Å². The van der Waals surface area contributed by atoms with E-state index >= 15 is 0 Å². The number of hydrogen-bond donors (Lipinski definition) is 2. The molecule has 0 aliphatic heterocycles. The van der Waals surface area contributed by atoms with Crippen molar-refractivity contribution in [2.24, 2.45) is 5.73 Å². The van der Waals surface area contributed by atoms with Gasteiger partial charge in [0, 0.05) is 11.4 Å². The third kappa shape index (κ3) is 3.22. The summed E-state index contributed by atoms with van der Waals surface area (Å²) in [5.41, 5.74) is 4.85. The fraction of sp³-hybridized carbons (Fsp3) is 0.417. The zero-order chi connectivity index (χ0) is 12.2. The summed E-state index contributed by atoms with van der Waals surface area (Å²) >= 11 is 5.78. The average molecular weight is 242 g/mol. The van der Waals surface area contributed by atoms with Crippen LogP contribution in [0, 0.1) is 0 Å². The molecule has 0 radical (unpaired) electrons. The Hall–Kier alpha value is -1.06. The molecule has 0 aliphatic rings. The van der Waals surface area contributed by atoms with Gasteiger partial charge in [0.25, 0.3) is 0 Å². The van der Waals surface area contributed by atoms with Gasteiger partial charge in [0.2, 0.25) is 5.91 Å². The van der Waals surface area contributed by atoms with Crippen LogP contribution in [0.1, 0.15) is 31.7 Å². The van der Waals surface area contributed by atoms with Gasteiger partial charge in [0.05, 0.1) is 5.60 Å². The van der Waals surface area contributed by atoms with E-state index in [1.807, 2.05) is 6.92 Å². The molecule has 0 unspecified atom stereocenters. The number of benzene rings is 1. The van der Waals surface area contributed by atoms with Crippen LogP contribution in [0.5, 0.6) is 0 Å². The predicted octanol–water partition coefficient (Wildman–Crippen LogP) is 2.20. The summed E-state index contributed by atoms with van der Waals surface area (Å²) < 4.78 is 0. The summed E-state index contributed by atoms with van der Waals surface area (Å²) in [7, 11) is 0. The van der Waals surface area contributed by atoms with Gasteiger partial charge in [-0.2, -0.15) is 0 Å². The molecule has 88 valence electrons. The van der Waals surface area contributed by atoms with Crippen LogP contribution in [-0.4, -0.2) is 11.0 Å². The van der Waals surface area contributed by atoms with E-state index in [0.717, 1.165) is 5.56 Å². The highest BCUT2D eigenvalue weighted by Gasteiger charge is 2.27. The molecule has 3 N–H and O–H groups in total. The highest BCUT2D eigenvalue weighted by atomic mass is 35.5. The second-order valence-electron chi connectivity index (χ2n) is 3.86. The number of carbonyl (C=O) groups is 1. The zero-order valence-electron chi connectivity index (χ0n) is 9.24. The predicted molar refractivity (Wildman–Crippen MR) is 64.1 cm³/mol. The molecule has 0 aromatic heterocycles. The molecule has 1 aromatic rings. The molecule has 0 spiro atoms. The Kier molecular flexibility index (Phi) is 4.33. The van der Waals surface area contributed by atoms with Crippen molar-refractivity contribution >= 4 is 17.5 Å². The van der Waals surface area contributed by atoms with Gasteiger partial charge in [-0.3, -0.25) is 4.79 Å². The number of amides is 1. The number of halogens is 1. The summed E-state index contributed by atoms with van der Waals surface area (Å²) in [5, 5.41) is 11.0. The van der Waals surface area contributed by atoms with Crippen molar-refractivity contribution in [1.29, 1.82) is 0 Å². The number of primary amides is 1. The lowest BCUT2D eigenvalue weighted by Crippen LogP contribution is -2.27. The number of rotatable bonds is 5. The molecular weight excluding hydrogens is 226 g/mol. The molecule has 1 atom stereocenters. The Balaban J connectivity index is 2.86. The first-order chi connectivity index (χ1) is 7.48. The minimum atomic E-state index is -1.00. The molecule has 4 heteroatoms. The van der Waals surface area contributed by atoms with E-state index in [1.54, 1.807) is 24.3 Å². The Morgan fingerprint density at radius 1 is 1.44 bits per heavy atom. The van der Waals surface area contributed by atoms with E-state index < -0.39 is 11.5 Å². The van der Waals surface area contributed by atoms with E-state index in [-0.39, 0.29) is 6.42 Å².